The van der Waals surface area contributed by atoms with Crippen molar-refractivity contribution in [3.63, 3.8) is 0 Å². The Morgan fingerprint density at radius 2 is 2.36 bits per heavy atom. The van der Waals surface area contributed by atoms with Gasteiger partial charge in [0.2, 0.25) is 0 Å². The smallest absolute Gasteiger partial charge is 0.125 e. The number of aromatic nitrogens is 2. The average Bonchev–Trinajstić information content (AvgIpc) is 2.46. The topological polar surface area (TPSA) is 55.9 Å². The molecule has 0 aliphatic carbocycles. The molecule has 0 saturated heterocycles. The van der Waals surface area contributed by atoms with Gasteiger partial charge in [-0.2, -0.15) is 5.10 Å². The lowest BCUT2D eigenvalue weighted by Gasteiger charge is -2.11. The van der Waals surface area contributed by atoms with Gasteiger partial charge in [0.25, 0.3) is 0 Å². The van der Waals surface area contributed by atoms with E-state index >= 15 is 0 Å². The fourth-order valence-corrected chi connectivity index (χ4v) is 1.45. The summed E-state index contributed by atoms with van der Waals surface area (Å²) >= 11 is 0. The second kappa shape index (κ2) is 5.00. The monoisotopic (exact) mass is 196 g/mol. The molecule has 0 fully saturated rings. The molecule has 0 aliphatic heterocycles. The van der Waals surface area contributed by atoms with E-state index in [1.54, 1.807) is 4.68 Å². The number of nitrogens with two attached hydrogens (primary N) is 1. The summed E-state index contributed by atoms with van der Waals surface area (Å²) in [5, 5.41) is 7.51. The van der Waals surface area contributed by atoms with Crippen molar-refractivity contribution in [2.24, 2.45) is 7.05 Å². The normalized spacial score (nSPS) is 13.1. The van der Waals surface area contributed by atoms with E-state index in [0.29, 0.717) is 6.04 Å². The van der Waals surface area contributed by atoms with Crippen molar-refractivity contribution in [3.05, 3.63) is 11.8 Å². The van der Waals surface area contributed by atoms with Gasteiger partial charge in [0.15, 0.2) is 0 Å². The first kappa shape index (κ1) is 11.0. The van der Waals surface area contributed by atoms with Crippen LogP contribution in [0.25, 0.3) is 0 Å². The maximum atomic E-state index is 5.82. The number of hydrogen-bond acceptors (Lipinski definition) is 3. The first-order valence-corrected chi connectivity index (χ1v) is 5.14. The number of anilines is 1. The lowest BCUT2D eigenvalue weighted by Crippen LogP contribution is -2.25. The Hall–Kier alpha value is -1.03. The first-order chi connectivity index (χ1) is 6.65. The van der Waals surface area contributed by atoms with E-state index in [-0.39, 0.29) is 0 Å². The lowest BCUT2D eigenvalue weighted by atomic mass is 10.2. The average molecular weight is 196 g/mol. The minimum Gasteiger partial charge on any atom is -0.384 e. The minimum atomic E-state index is 0.541. The van der Waals surface area contributed by atoms with Gasteiger partial charge in [0.05, 0.1) is 6.20 Å². The maximum Gasteiger partial charge on any atom is 0.125 e. The number of rotatable bonds is 5. The molecular weight excluding hydrogens is 176 g/mol. The maximum absolute atomic E-state index is 5.82. The van der Waals surface area contributed by atoms with Crippen LogP contribution in [0, 0.1) is 0 Å². The van der Waals surface area contributed by atoms with Crippen LogP contribution in [0.2, 0.25) is 0 Å². The Kier molecular flexibility index (Phi) is 3.95. The van der Waals surface area contributed by atoms with Gasteiger partial charge in [-0.05, 0) is 13.3 Å². The first-order valence-electron chi connectivity index (χ1n) is 5.14. The molecule has 4 nitrogen and oxygen atoms in total. The molecule has 0 spiro atoms. The SMILES string of the molecule is CCCC(C)NCc1cnn(C)c1N. The van der Waals surface area contributed by atoms with Crippen LogP contribution in [0.5, 0.6) is 0 Å². The molecule has 1 rings (SSSR count). The zero-order chi connectivity index (χ0) is 10.6. The Labute approximate surface area is 85.5 Å². The van der Waals surface area contributed by atoms with Gasteiger partial charge in [0.1, 0.15) is 5.82 Å². The van der Waals surface area contributed by atoms with Crippen molar-refractivity contribution in [2.75, 3.05) is 5.73 Å². The molecule has 1 unspecified atom stereocenters. The molecule has 0 saturated carbocycles. The van der Waals surface area contributed by atoms with Crippen molar-refractivity contribution >= 4 is 5.82 Å². The molecule has 1 heterocycles. The van der Waals surface area contributed by atoms with E-state index in [4.69, 9.17) is 5.73 Å². The lowest BCUT2D eigenvalue weighted by molar-refractivity contribution is 0.509. The summed E-state index contributed by atoms with van der Waals surface area (Å²) in [7, 11) is 1.86. The van der Waals surface area contributed by atoms with Crippen molar-refractivity contribution in [1.82, 2.24) is 15.1 Å². The largest absolute Gasteiger partial charge is 0.384 e. The molecule has 1 aromatic heterocycles. The van der Waals surface area contributed by atoms with Crippen LogP contribution in [-0.4, -0.2) is 15.8 Å². The Balaban J connectivity index is 2.41. The molecule has 80 valence electrons. The van der Waals surface area contributed by atoms with Gasteiger partial charge in [0, 0.05) is 25.2 Å². The van der Waals surface area contributed by atoms with Crippen LogP contribution in [-0.2, 0) is 13.6 Å². The number of hydrogen-bond donors (Lipinski definition) is 2. The molecule has 0 aliphatic rings. The van der Waals surface area contributed by atoms with Crippen LogP contribution in [0.15, 0.2) is 6.20 Å². The summed E-state index contributed by atoms with van der Waals surface area (Å²) in [4.78, 5) is 0. The van der Waals surface area contributed by atoms with Gasteiger partial charge in [-0.25, -0.2) is 0 Å². The van der Waals surface area contributed by atoms with Crippen molar-refractivity contribution < 1.29 is 0 Å². The van der Waals surface area contributed by atoms with Crippen LogP contribution in [0.1, 0.15) is 32.3 Å². The molecular formula is C10H20N4. The molecule has 0 aromatic carbocycles. The highest BCUT2D eigenvalue weighted by molar-refractivity contribution is 5.38. The molecule has 0 amide bonds. The summed E-state index contributed by atoms with van der Waals surface area (Å²) in [6, 6.07) is 0.541. The van der Waals surface area contributed by atoms with E-state index in [0.717, 1.165) is 17.9 Å². The Morgan fingerprint density at radius 1 is 1.64 bits per heavy atom. The number of nitrogens with zero attached hydrogens (tertiary/aromatic N) is 2. The van der Waals surface area contributed by atoms with E-state index in [1.807, 2.05) is 13.2 Å². The summed E-state index contributed by atoms with van der Waals surface area (Å²) in [6.07, 6.45) is 4.22. The zero-order valence-corrected chi connectivity index (χ0v) is 9.25. The van der Waals surface area contributed by atoms with E-state index < -0.39 is 0 Å². The molecule has 14 heavy (non-hydrogen) atoms. The summed E-state index contributed by atoms with van der Waals surface area (Å²) in [5.74, 6) is 0.751. The predicted octanol–water partition coefficient (Wildman–Crippen LogP) is 1.28. The minimum absolute atomic E-state index is 0.541. The van der Waals surface area contributed by atoms with Crippen molar-refractivity contribution in [2.45, 2.75) is 39.3 Å². The molecule has 4 heteroatoms. The van der Waals surface area contributed by atoms with Crippen LogP contribution >= 0.6 is 0 Å². The molecule has 0 radical (unpaired) electrons. The highest BCUT2D eigenvalue weighted by Gasteiger charge is 2.05. The summed E-state index contributed by atoms with van der Waals surface area (Å²) in [6.45, 7) is 5.19. The Bertz CT molecular complexity index is 280. The molecule has 0 bridgehead atoms. The van der Waals surface area contributed by atoms with Gasteiger partial charge < -0.3 is 11.1 Å². The van der Waals surface area contributed by atoms with Crippen LogP contribution < -0.4 is 11.1 Å². The number of aryl methyl sites for hydroxylation is 1. The highest BCUT2D eigenvalue weighted by Crippen LogP contribution is 2.09. The molecule has 1 atom stereocenters. The third kappa shape index (κ3) is 2.73. The standard InChI is InChI=1S/C10H20N4/c1-4-5-8(2)12-6-9-7-13-14(3)10(9)11/h7-8,12H,4-6,11H2,1-3H3. The fraction of sp³-hybridized carbons (Fsp3) is 0.700. The van der Waals surface area contributed by atoms with Crippen LogP contribution in [0.3, 0.4) is 0 Å². The molecule has 3 N–H and O–H groups in total. The predicted molar refractivity (Wildman–Crippen MR) is 58.8 cm³/mol. The van der Waals surface area contributed by atoms with E-state index in [2.05, 4.69) is 24.3 Å². The second-order valence-electron chi connectivity index (χ2n) is 3.75. The third-order valence-corrected chi connectivity index (χ3v) is 2.43. The second-order valence-corrected chi connectivity index (χ2v) is 3.75. The fourth-order valence-electron chi connectivity index (χ4n) is 1.45. The quantitative estimate of drug-likeness (QED) is 0.746. The van der Waals surface area contributed by atoms with E-state index in [1.165, 1.54) is 12.8 Å². The van der Waals surface area contributed by atoms with Crippen LogP contribution in [0.4, 0.5) is 5.82 Å². The van der Waals surface area contributed by atoms with Crippen molar-refractivity contribution in [1.29, 1.82) is 0 Å². The van der Waals surface area contributed by atoms with Gasteiger partial charge >= 0.3 is 0 Å². The summed E-state index contributed by atoms with van der Waals surface area (Å²) in [5.41, 5.74) is 6.90. The number of nitrogens with one attached hydrogen (secondary N) is 1. The zero-order valence-electron chi connectivity index (χ0n) is 9.25. The van der Waals surface area contributed by atoms with Gasteiger partial charge in [-0.15, -0.1) is 0 Å². The van der Waals surface area contributed by atoms with Gasteiger partial charge in [-0.1, -0.05) is 13.3 Å². The molecule has 1 aromatic rings. The number of nitrogen functional groups attached to an aromatic ring is 1. The summed E-state index contributed by atoms with van der Waals surface area (Å²) < 4.78 is 1.70. The van der Waals surface area contributed by atoms with Crippen molar-refractivity contribution in [3.8, 4) is 0 Å². The third-order valence-electron chi connectivity index (χ3n) is 2.43. The highest BCUT2D eigenvalue weighted by atomic mass is 15.3. The van der Waals surface area contributed by atoms with E-state index in [9.17, 15) is 0 Å². The van der Waals surface area contributed by atoms with Gasteiger partial charge in [-0.3, -0.25) is 4.68 Å². The Morgan fingerprint density at radius 3 is 2.86 bits per heavy atom.